The third kappa shape index (κ3) is 4.35. The fraction of sp³-hybridized carbons (Fsp3) is 0.571. The summed E-state index contributed by atoms with van der Waals surface area (Å²) in [6.07, 6.45) is 6.47. The lowest BCUT2D eigenvalue weighted by Gasteiger charge is -2.12. The van der Waals surface area contributed by atoms with Gasteiger partial charge in [-0.3, -0.25) is 0 Å². The average Bonchev–Trinajstić information content (AvgIpc) is 2.91. The van der Waals surface area contributed by atoms with Gasteiger partial charge in [0.25, 0.3) is 0 Å². The van der Waals surface area contributed by atoms with Gasteiger partial charge in [0.2, 0.25) is 0 Å². The number of nitrogens with zero attached hydrogens (tertiary/aromatic N) is 2. The van der Waals surface area contributed by atoms with Crippen LogP contribution in [0.5, 0.6) is 0 Å². The lowest BCUT2D eigenvalue weighted by atomic mass is 9.94. The highest BCUT2D eigenvalue weighted by molar-refractivity contribution is 5.02. The number of hydrogen-bond donors (Lipinski definition) is 0. The molecule has 0 unspecified atom stereocenters. The minimum absolute atomic E-state index is 0.0451. The molecule has 0 spiro atoms. The molecule has 0 fully saturated rings. The topological polar surface area (TPSA) is 52.1 Å². The Kier molecular flexibility index (Phi) is 4.33. The smallest absolute Gasteiger partial charge is 0.199 e. The summed E-state index contributed by atoms with van der Waals surface area (Å²) in [6, 6.07) is 0. The molecule has 0 N–H and O–H groups in total. The molecule has 0 amide bonds. The highest BCUT2D eigenvalue weighted by atomic mass is 16.3. The van der Waals surface area contributed by atoms with E-state index in [4.69, 9.17) is 8.83 Å². The molecule has 0 saturated heterocycles. The van der Waals surface area contributed by atoms with Crippen LogP contribution in [0.1, 0.15) is 53.2 Å². The van der Waals surface area contributed by atoms with Crippen LogP contribution in [0.15, 0.2) is 33.9 Å². The lowest BCUT2D eigenvalue weighted by Crippen LogP contribution is -2.10. The predicted molar refractivity (Wildman–Crippen MR) is 70.4 cm³/mol. The maximum atomic E-state index is 5.09. The maximum Gasteiger partial charge on any atom is 0.199 e. The molecular weight excluding hydrogens is 228 g/mol. The highest BCUT2D eigenvalue weighted by Crippen LogP contribution is 2.20. The summed E-state index contributed by atoms with van der Waals surface area (Å²) < 4.78 is 10.2. The number of aromatic nitrogens is 2. The van der Waals surface area contributed by atoms with Crippen molar-refractivity contribution in [2.75, 3.05) is 0 Å². The Morgan fingerprint density at radius 2 is 1.61 bits per heavy atom. The monoisotopic (exact) mass is 250 g/mol. The average molecular weight is 250 g/mol. The van der Waals surface area contributed by atoms with Crippen molar-refractivity contribution in [3.8, 4) is 0 Å². The summed E-state index contributed by atoms with van der Waals surface area (Å²) in [7, 11) is 0. The van der Waals surface area contributed by atoms with Gasteiger partial charge in [0, 0.05) is 10.8 Å². The van der Waals surface area contributed by atoms with Crippen molar-refractivity contribution < 1.29 is 8.83 Å². The summed E-state index contributed by atoms with van der Waals surface area (Å²) in [6.45, 7) is 12.5. The third-order valence-electron chi connectivity index (χ3n) is 2.25. The fourth-order valence-electron chi connectivity index (χ4n) is 1.18. The molecule has 4 nitrogen and oxygen atoms in total. The lowest BCUT2D eigenvalue weighted by molar-refractivity contribution is 0.392. The van der Waals surface area contributed by atoms with Gasteiger partial charge in [0.15, 0.2) is 12.3 Å². The van der Waals surface area contributed by atoms with Crippen molar-refractivity contribution in [2.45, 2.75) is 52.4 Å². The van der Waals surface area contributed by atoms with E-state index in [1.165, 1.54) is 6.39 Å². The fourth-order valence-corrected chi connectivity index (χ4v) is 1.18. The van der Waals surface area contributed by atoms with E-state index in [-0.39, 0.29) is 10.8 Å². The van der Waals surface area contributed by atoms with Gasteiger partial charge in [-0.25, -0.2) is 9.97 Å². The van der Waals surface area contributed by atoms with E-state index >= 15 is 0 Å². The van der Waals surface area contributed by atoms with Gasteiger partial charge in [-0.2, -0.15) is 0 Å². The van der Waals surface area contributed by atoms with E-state index in [0.717, 1.165) is 11.7 Å². The van der Waals surface area contributed by atoms with Crippen molar-refractivity contribution in [1.82, 2.24) is 9.97 Å². The second kappa shape index (κ2) is 5.38. The Morgan fingerprint density at radius 1 is 0.944 bits per heavy atom. The largest absolute Gasteiger partial charge is 0.448 e. The first-order chi connectivity index (χ1) is 8.21. The van der Waals surface area contributed by atoms with Crippen molar-refractivity contribution in [1.29, 1.82) is 0 Å². The molecule has 18 heavy (non-hydrogen) atoms. The molecule has 4 heteroatoms. The van der Waals surface area contributed by atoms with Crippen molar-refractivity contribution in [3.05, 3.63) is 36.7 Å². The van der Waals surface area contributed by atoms with Crippen LogP contribution < -0.4 is 0 Å². The van der Waals surface area contributed by atoms with E-state index in [9.17, 15) is 0 Å². The van der Waals surface area contributed by atoms with E-state index in [2.05, 4.69) is 51.5 Å². The maximum absolute atomic E-state index is 5.09. The zero-order valence-electron chi connectivity index (χ0n) is 12.0. The summed E-state index contributed by atoms with van der Waals surface area (Å²) in [5.74, 6) is 1.73. The first-order valence-corrected chi connectivity index (χ1v) is 6.00. The molecule has 100 valence electrons. The summed E-state index contributed by atoms with van der Waals surface area (Å²) >= 11 is 0. The molecular formula is C14H22N2O2. The van der Waals surface area contributed by atoms with Gasteiger partial charge < -0.3 is 8.83 Å². The molecule has 0 saturated carbocycles. The van der Waals surface area contributed by atoms with Crippen LogP contribution >= 0.6 is 0 Å². The normalized spacial score (nSPS) is 11.9. The SMILES string of the molecule is CC(C)(C)c1cnco1.CC(C)(C)c1ncco1. The Bertz CT molecular complexity index is 387. The van der Waals surface area contributed by atoms with Crippen molar-refractivity contribution in [3.63, 3.8) is 0 Å². The van der Waals surface area contributed by atoms with Gasteiger partial charge in [0.05, 0.1) is 12.4 Å². The van der Waals surface area contributed by atoms with Crippen LogP contribution in [0.25, 0.3) is 0 Å². The molecule has 0 radical (unpaired) electrons. The number of hydrogen-bond acceptors (Lipinski definition) is 4. The van der Waals surface area contributed by atoms with Gasteiger partial charge in [0.1, 0.15) is 12.0 Å². The van der Waals surface area contributed by atoms with Gasteiger partial charge in [-0.05, 0) is 0 Å². The molecule has 0 atom stereocenters. The first kappa shape index (κ1) is 14.5. The van der Waals surface area contributed by atoms with Crippen LogP contribution in [0.2, 0.25) is 0 Å². The van der Waals surface area contributed by atoms with Gasteiger partial charge in [-0.1, -0.05) is 41.5 Å². The number of rotatable bonds is 0. The van der Waals surface area contributed by atoms with E-state index in [1.807, 2.05) is 0 Å². The Labute approximate surface area is 108 Å². The molecule has 0 aliphatic rings. The van der Waals surface area contributed by atoms with Crippen LogP contribution in [0.3, 0.4) is 0 Å². The molecule has 2 rings (SSSR count). The zero-order valence-corrected chi connectivity index (χ0v) is 12.0. The minimum atomic E-state index is 0.0451. The zero-order chi connectivity index (χ0) is 13.8. The number of oxazole rings is 2. The third-order valence-corrected chi connectivity index (χ3v) is 2.25. The Morgan fingerprint density at radius 3 is 1.83 bits per heavy atom. The molecule has 0 aliphatic heterocycles. The van der Waals surface area contributed by atoms with Crippen LogP contribution in [-0.4, -0.2) is 9.97 Å². The molecule has 0 aliphatic carbocycles. The second-order valence-electron chi connectivity index (χ2n) is 6.20. The van der Waals surface area contributed by atoms with Crippen LogP contribution in [0.4, 0.5) is 0 Å². The van der Waals surface area contributed by atoms with Crippen molar-refractivity contribution in [2.24, 2.45) is 0 Å². The molecule has 2 aromatic rings. The summed E-state index contributed by atoms with van der Waals surface area (Å²) in [4.78, 5) is 7.84. The van der Waals surface area contributed by atoms with E-state index < -0.39 is 0 Å². The van der Waals surface area contributed by atoms with Crippen molar-refractivity contribution >= 4 is 0 Å². The summed E-state index contributed by atoms with van der Waals surface area (Å²) in [5, 5.41) is 0. The van der Waals surface area contributed by atoms with Crippen LogP contribution in [0, 0.1) is 0 Å². The second-order valence-corrected chi connectivity index (χ2v) is 6.20. The van der Waals surface area contributed by atoms with Gasteiger partial charge >= 0.3 is 0 Å². The van der Waals surface area contributed by atoms with E-state index in [0.29, 0.717) is 0 Å². The Hall–Kier alpha value is -1.58. The molecule has 2 aromatic heterocycles. The molecule has 2 heterocycles. The highest BCUT2D eigenvalue weighted by Gasteiger charge is 2.17. The van der Waals surface area contributed by atoms with Gasteiger partial charge in [-0.15, -0.1) is 0 Å². The minimum Gasteiger partial charge on any atom is -0.448 e. The molecule has 0 aromatic carbocycles. The predicted octanol–water partition coefficient (Wildman–Crippen LogP) is 3.94. The quantitative estimate of drug-likeness (QED) is 0.710. The first-order valence-electron chi connectivity index (χ1n) is 6.00. The van der Waals surface area contributed by atoms with Crippen LogP contribution in [-0.2, 0) is 10.8 Å². The standard InChI is InChI=1S/2C7H11NO/c1-7(2,3)6-4-8-5-9-6;1-7(2,3)6-8-4-5-9-6/h2*4-5H,1-3H3. The summed E-state index contributed by atoms with van der Waals surface area (Å²) in [5.41, 5.74) is 0.139. The van der Waals surface area contributed by atoms with E-state index in [1.54, 1.807) is 18.7 Å². The molecule has 0 bridgehead atoms. The Balaban J connectivity index is 0.000000180.